The highest BCUT2D eigenvalue weighted by atomic mass is 19.3. The highest BCUT2D eigenvalue weighted by Crippen LogP contribution is 2.08. The van der Waals surface area contributed by atoms with Gasteiger partial charge in [-0.05, 0) is 6.92 Å². The van der Waals surface area contributed by atoms with Crippen LogP contribution in [0, 0.1) is 6.61 Å². The molecular weight excluding hydrogens is 118 g/mol. The number of ether oxygens (including phenoxy) is 2. The Kier molecular flexibility index (Phi) is 3.64. The van der Waals surface area contributed by atoms with Crippen molar-refractivity contribution in [2.24, 2.45) is 0 Å². The maximum absolute atomic E-state index is 11.1. The van der Waals surface area contributed by atoms with Crippen LogP contribution in [-0.2, 0) is 9.47 Å². The molecule has 0 heterocycles. The van der Waals surface area contributed by atoms with Crippen molar-refractivity contribution in [1.29, 1.82) is 0 Å². The van der Waals surface area contributed by atoms with Crippen molar-refractivity contribution >= 4 is 0 Å². The molecule has 0 amide bonds. The second-order valence-electron chi connectivity index (χ2n) is 1.15. The lowest BCUT2D eigenvalue weighted by molar-refractivity contribution is -0.163. The van der Waals surface area contributed by atoms with Crippen LogP contribution in [0.1, 0.15) is 6.92 Å². The fourth-order valence-corrected chi connectivity index (χ4v) is 0.174. The van der Waals surface area contributed by atoms with Gasteiger partial charge in [0.2, 0.25) is 0 Å². The molecule has 0 aliphatic heterocycles. The number of halogens is 2. The molecule has 0 N–H and O–H groups in total. The van der Waals surface area contributed by atoms with Crippen LogP contribution in [0.15, 0.2) is 0 Å². The molecule has 1 atom stereocenters. The number of hydrogen-bond acceptors (Lipinski definition) is 2. The Morgan fingerprint density at radius 1 is 1.50 bits per heavy atom. The van der Waals surface area contributed by atoms with Gasteiger partial charge in [0.25, 0.3) is 0 Å². The van der Waals surface area contributed by atoms with E-state index in [1.54, 1.807) is 0 Å². The standard InChI is InChI=1S/C4H7F2O2/c1-3(7-2)8-4(5)6/h3H,1-2H3. The second-order valence-corrected chi connectivity index (χ2v) is 1.15. The van der Waals surface area contributed by atoms with Crippen LogP contribution in [0.5, 0.6) is 0 Å². The summed E-state index contributed by atoms with van der Waals surface area (Å²) >= 11 is 0. The van der Waals surface area contributed by atoms with Crippen molar-refractivity contribution in [3.8, 4) is 0 Å². The summed E-state index contributed by atoms with van der Waals surface area (Å²) in [4.78, 5) is 0. The molecule has 8 heavy (non-hydrogen) atoms. The van der Waals surface area contributed by atoms with E-state index >= 15 is 0 Å². The third-order valence-corrected chi connectivity index (χ3v) is 0.587. The molecule has 0 aliphatic carbocycles. The fourth-order valence-electron chi connectivity index (χ4n) is 0.174. The first-order chi connectivity index (χ1) is 3.66. The van der Waals surface area contributed by atoms with E-state index < -0.39 is 12.9 Å². The zero-order valence-electron chi connectivity index (χ0n) is 4.65. The normalized spacial score (nSPS) is 14.6. The van der Waals surface area contributed by atoms with Crippen LogP contribution in [-0.4, -0.2) is 13.4 Å². The van der Waals surface area contributed by atoms with Crippen LogP contribution in [0.25, 0.3) is 0 Å². The summed E-state index contributed by atoms with van der Waals surface area (Å²) < 4.78 is 30.3. The largest absolute Gasteiger partial charge is 0.450 e. The predicted molar refractivity (Wildman–Crippen MR) is 23.0 cm³/mol. The molecule has 1 unspecified atom stereocenters. The van der Waals surface area contributed by atoms with E-state index in [1.807, 2.05) is 0 Å². The third-order valence-electron chi connectivity index (χ3n) is 0.587. The molecule has 0 aliphatic rings. The smallest absolute Gasteiger partial charge is 0.356 e. The molecule has 2 nitrogen and oxygen atoms in total. The van der Waals surface area contributed by atoms with Crippen molar-refractivity contribution in [3.05, 3.63) is 6.61 Å². The average molecular weight is 125 g/mol. The van der Waals surface area contributed by atoms with Gasteiger partial charge in [-0.1, -0.05) is 0 Å². The maximum Gasteiger partial charge on any atom is 0.450 e. The van der Waals surface area contributed by atoms with Gasteiger partial charge in [-0.3, -0.25) is 4.74 Å². The first-order valence-corrected chi connectivity index (χ1v) is 2.04. The van der Waals surface area contributed by atoms with Crippen LogP contribution in [0.3, 0.4) is 0 Å². The van der Waals surface area contributed by atoms with Gasteiger partial charge < -0.3 is 4.74 Å². The summed E-state index contributed by atoms with van der Waals surface area (Å²) in [6.07, 6.45) is -0.861. The summed E-state index contributed by atoms with van der Waals surface area (Å²) in [7, 11) is 1.29. The summed E-state index contributed by atoms with van der Waals surface area (Å²) in [5.41, 5.74) is 0. The average Bonchev–Trinajstić information content (AvgIpc) is 1.65. The van der Waals surface area contributed by atoms with E-state index in [2.05, 4.69) is 9.47 Å². The third kappa shape index (κ3) is 3.95. The molecule has 0 fully saturated rings. The maximum atomic E-state index is 11.1. The molecule has 0 bridgehead atoms. The van der Waals surface area contributed by atoms with Crippen LogP contribution in [0.4, 0.5) is 8.78 Å². The zero-order chi connectivity index (χ0) is 6.57. The van der Waals surface area contributed by atoms with Gasteiger partial charge in [0.15, 0.2) is 6.29 Å². The summed E-state index contributed by atoms with van der Waals surface area (Å²) in [5, 5.41) is 0. The number of methoxy groups -OCH3 is 1. The molecule has 0 aromatic rings. The van der Waals surface area contributed by atoms with E-state index in [4.69, 9.17) is 0 Å². The zero-order valence-corrected chi connectivity index (χ0v) is 4.65. The molecule has 49 valence electrons. The summed E-state index contributed by atoms with van der Waals surface area (Å²) in [6, 6.07) is 0. The monoisotopic (exact) mass is 125 g/mol. The van der Waals surface area contributed by atoms with Crippen LogP contribution in [0.2, 0.25) is 0 Å². The number of hydrogen-bond donors (Lipinski definition) is 0. The molecule has 0 spiro atoms. The van der Waals surface area contributed by atoms with Gasteiger partial charge in [0.1, 0.15) is 0 Å². The van der Waals surface area contributed by atoms with Crippen molar-refractivity contribution < 1.29 is 18.3 Å². The van der Waals surface area contributed by atoms with Crippen molar-refractivity contribution in [2.45, 2.75) is 13.2 Å². The van der Waals surface area contributed by atoms with Gasteiger partial charge in [0, 0.05) is 7.11 Å². The summed E-state index contributed by atoms with van der Waals surface area (Å²) in [6.45, 7) is -0.696. The van der Waals surface area contributed by atoms with E-state index in [-0.39, 0.29) is 0 Å². The molecule has 1 radical (unpaired) electrons. The highest BCUT2D eigenvalue weighted by molar-refractivity contribution is 4.38. The Morgan fingerprint density at radius 3 is 2.12 bits per heavy atom. The molecule has 0 aromatic heterocycles. The summed E-state index contributed by atoms with van der Waals surface area (Å²) in [5.74, 6) is 0. The lowest BCUT2D eigenvalue weighted by Crippen LogP contribution is -2.09. The van der Waals surface area contributed by atoms with Gasteiger partial charge in [-0.2, -0.15) is 8.78 Å². The van der Waals surface area contributed by atoms with E-state index in [1.165, 1.54) is 14.0 Å². The molecule has 0 rings (SSSR count). The Labute approximate surface area is 46.4 Å². The van der Waals surface area contributed by atoms with Gasteiger partial charge in [-0.15, -0.1) is 0 Å². The van der Waals surface area contributed by atoms with E-state index in [0.717, 1.165) is 0 Å². The molecule has 0 saturated carbocycles. The molecule has 4 heteroatoms. The van der Waals surface area contributed by atoms with E-state index in [9.17, 15) is 8.78 Å². The minimum atomic E-state index is -2.07. The first-order valence-electron chi connectivity index (χ1n) is 2.04. The topological polar surface area (TPSA) is 18.5 Å². The van der Waals surface area contributed by atoms with Crippen molar-refractivity contribution in [2.75, 3.05) is 7.11 Å². The highest BCUT2D eigenvalue weighted by Gasteiger charge is 2.10. The minimum absolute atomic E-state index is 0.861. The SMILES string of the molecule is COC(C)O[C](F)F. The minimum Gasteiger partial charge on any atom is -0.356 e. The molecule has 0 aromatic carbocycles. The van der Waals surface area contributed by atoms with Crippen LogP contribution < -0.4 is 0 Å². The quantitative estimate of drug-likeness (QED) is 0.530. The predicted octanol–water partition coefficient (Wildman–Crippen LogP) is 1.38. The Bertz CT molecular complexity index is 58.0. The first kappa shape index (κ1) is 7.78. The Balaban J connectivity index is 3.10. The lowest BCUT2D eigenvalue weighted by Gasteiger charge is -2.06. The lowest BCUT2D eigenvalue weighted by atomic mass is 10.8. The van der Waals surface area contributed by atoms with Gasteiger partial charge >= 0.3 is 6.61 Å². The Hall–Kier alpha value is -0.220. The van der Waals surface area contributed by atoms with Crippen molar-refractivity contribution in [1.82, 2.24) is 0 Å². The van der Waals surface area contributed by atoms with E-state index in [0.29, 0.717) is 0 Å². The second kappa shape index (κ2) is 3.74. The number of rotatable bonds is 3. The van der Waals surface area contributed by atoms with Crippen LogP contribution >= 0.6 is 0 Å². The van der Waals surface area contributed by atoms with Gasteiger partial charge in [-0.25, -0.2) is 0 Å². The van der Waals surface area contributed by atoms with Gasteiger partial charge in [0.05, 0.1) is 0 Å². The Morgan fingerprint density at radius 2 is 2.00 bits per heavy atom. The fraction of sp³-hybridized carbons (Fsp3) is 0.750. The molecule has 0 saturated heterocycles. The van der Waals surface area contributed by atoms with Crippen molar-refractivity contribution in [3.63, 3.8) is 0 Å². The molecular formula is C4H7F2O2.